The van der Waals surface area contributed by atoms with Crippen molar-refractivity contribution in [3.63, 3.8) is 0 Å². The van der Waals surface area contributed by atoms with Crippen LogP contribution in [-0.4, -0.2) is 31.3 Å². The van der Waals surface area contributed by atoms with E-state index in [0.717, 1.165) is 12.1 Å². The Hall–Kier alpha value is -1.15. The van der Waals surface area contributed by atoms with Crippen molar-refractivity contribution < 1.29 is 4.79 Å². The maximum absolute atomic E-state index is 11.7. The lowest BCUT2D eigenvalue weighted by Crippen LogP contribution is -2.17. The van der Waals surface area contributed by atoms with E-state index in [1.54, 1.807) is 0 Å². The zero-order valence-corrected chi connectivity index (χ0v) is 11.4. The third kappa shape index (κ3) is 5.14. The zero-order chi connectivity index (χ0) is 12.8. The molecule has 2 heteroatoms. The van der Waals surface area contributed by atoms with Crippen molar-refractivity contribution in [1.29, 1.82) is 0 Å². The molecule has 0 aliphatic heterocycles. The van der Waals surface area contributed by atoms with Crippen molar-refractivity contribution in [3.05, 3.63) is 35.4 Å². The van der Waals surface area contributed by atoms with Crippen molar-refractivity contribution in [2.45, 2.75) is 32.6 Å². The SMILES string of the molecule is CC(C)c1ccc(CC(=O)CCN(C)C)cc1. The van der Waals surface area contributed by atoms with Gasteiger partial charge in [-0.05, 0) is 31.1 Å². The predicted molar refractivity (Wildman–Crippen MR) is 72.4 cm³/mol. The van der Waals surface area contributed by atoms with Crippen LogP contribution in [-0.2, 0) is 11.2 Å². The van der Waals surface area contributed by atoms with Gasteiger partial charge in [-0.2, -0.15) is 0 Å². The summed E-state index contributed by atoms with van der Waals surface area (Å²) in [5.41, 5.74) is 2.45. The van der Waals surface area contributed by atoms with Gasteiger partial charge in [-0.15, -0.1) is 0 Å². The van der Waals surface area contributed by atoms with Gasteiger partial charge in [-0.1, -0.05) is 38.1 Å². The summed E-state index contributed by atoms with van der Waals surface area (Å²) in [6.07, 6.45) is 1.20. The van der Waals surface area contributed by atoms with Gasteiger partial charge in [-0.25, -0.2) is 0 Å². The van der Waals surface area contributed by atoms with Crippen molar-refractivity contribution in [3.8, 4) is 0 Å². The van der Waals surface area contributed by atoms with Gasteiger partial charge in [0.1, 0.15) is 5.78 Å². The van der Waals surface area contributed by atoms with E-state index in [1.165, 1.54) is 5.56 Å². The molecule has 0 heterocycles. The maximum Gasteiger partial charge on any atom is 0.138 e. The summed E-state index contributed by atoms with van der Waals surface area (Å²) < 4.78 is 0. The molecule has 17 heavy (non-hydrogen) atoms. The molecule has 0 bridgehead atoms. The summed E-state index contributed by atoms with van der Waals surface area (Å²) in [4.78, 5) is 13.8. The highest BCUT2D eigenvalue weighted by atomic mass is 16.1. The first-order valence-corrected chi connectivity index (χ1v) is 6.24. The van der Waals surface area contributed by atoms with Gasteiger partial charge in [0.05, 0.1) is 0 Å². The smallest absolute Gasteiger partial charge is 0.138 e. The van der Waals surface area contributed by atoms with Gasteiger partial charge in [0.2, 0.25) is 0 Å². The van der Waals surface area contributed by atoms with E-state index in [0.29, 0.717) is 24.5 Å². The average Bonchev–Trinajstić information content (AvgIpc) is 2.27. The molecule has 0 saturated heterocycles. The summed E-state index contributed by atoms with van der Waals surface area (Å²) in [7, 11) is 3.98. The van der Waals surface area contributed by atoms with Crippen LogP contribution in [0.1, 0.15) is 37.3 Å². The van der Waals surface area contributed by atoms with Crippen LogP contribution in [0.2, 0.25) is 0 Å². The van der Waals surface area contributed by atoms with Gasteiger partial charge in [0.15, 0.2) is 0 Å². The standard InChI is InChI=1S/C15H23NO/c1-12(2)14-7-5-13(6-8-14)11-15(17)9-10-16(3)4/h5-8,12H,9-11H2,1-4H3. The van der Waals surface area contributed by atoms with Crippen LogP contribution in [0.5, 0.6) is 0 Å². The lowest BCUT2D eigenvalue weighted by molar-refractivity contribution is -0.118. The van der Waals surface area contributed by atoms with E-state index < -0.39 is 0 Å². The van der Waals surface area contributed by atoms with Crippen LogP contribution in [0.25, 0.3) is 0 Å². The third-order valence-corrected chi connectivity index (χ3v) is 2.89. The number of hydrogen-bond acceptors (Lipinski definition) is 2. The fourth-order valence-corrected chi connectivity index (χ4v) is 1.68. The quantitative estimate of drug-likeness (QED) is 0.753. The number of ketones is 1. The van der Waals surface area contributed by atoms with Crippen molar-refractivity contribution >= 4 is 5.78 Å². The van der Waals surface area contributed by atoms with E-state index in [1.807, 2.05) is 19.0 Å². The monoisotopic (exact) mass is 233 g/mol. The molecule has 0 amide bonds. The van der Waals surface area contributed by atoms with Gasteiger partial charge in [0, 0.05) is 19.4 Å². The Bertz CT molecular complexity index is 352. The highest BCUT2D eigenvalue weighted by molar-refractivity contribution is 5.81. The number of carbonyl (C=O) groups excluding carboxylic acids is 1. The molecular weight excluding hydrogens is 210 g/mol. The van der Waals surface area contributed by atoms with E-state index in [2.05, 4.69) is 38.1 Å². The van der Waals surface area contributed by atoms with Crippen LogP contribution in [0.3, 0.4) is 0 Å². The Balaban J connectivity index is 2.48. The van der Waals surface area contributed by atoms with Crippen LogP contribution in [0.15, 0.2) is 24.3 Å². The second-order valence-corrected chi connectivity index (χ2v) is 5.17. The van der Waals surface area contributed by atoms with E-state index >= 15 is 0 Å². The number of benzene rings is 1. The molecule has 0 radical (unpaired) electrons. The lowest BCUT2D eigenvalue weighted by atomic mass is 9.99. The third-order valence-electron chi connectivity index (χ3n) is 2.89. The Morgan fingerprint density at radius 3 is 2.24 bits per heavy atom. The van der Waals surface area contributed by atoms with Crippen LogP contribution >= 0.6 is 0 Å². The van der Waals surface area contributed by atoms with Crippen LogP contribution in [0.4, 0.5) is 0 Å². The van der Waals surface area contributed by atoms with E-state index in [-0.39, 0.29) is 0 Å². The molecule has 1 rings (SSSR count). The Morgan fingerprint density at radius 1 is 1.18 bits per heavy atom. The van der Waals surface area contributed by atoms with Gasteiger partial charge >= 0.3 is 0 Å². The second-order valence-electron chi connectivity index (χ2n) is 5.17. The summed E-state index contributed by atoms with van der Waals surface area (Å²) >= 11 is 0. The molecule has 0 aromatic heterocycles. The highest BCUT2D eigenvalue weighted by Gasteiger charge is 2.05. The molecule has 0 spiro atoms. The molecule has 94 valence electrons. The molecule has 0 N–H and O–H groups in total. The summed E-state index contributed by atoms with van der Waals surface area (Å²) in [6, 6.07) is 8.39. The minimum Gasteiger partial charge on any atom is -0.309 e. The van der Waals surface area contributed by atoms with Gasteiger partial charge in [-0.3, -0.25) is 4.79 Å². The minimum atomic E-state index is 0.316. The molecule has 0 aliphatic rings. The number of Topliss-reactive ketones (excluding diaryl/α,β-unsaturated/α-hetero) is 1. The number of carbonyl (C=O) groups is 1. The minimum absolute atomic E-state index is 0.316. The fraction of sp³-hybridized carbons (Fsp3) is 0.533. The molecule has 0 atom stereocenters. The maximum atomic E-state index is 11.7. The summed E-state index contributed by atoms with van der Waals surface area (Å²) in [5, 5.41) is 0. The molecule has 1 aromatic carbocycles. The molecule has 0 fully saturated rings. The van der Waals surface area contributed by atoms with Gasteiger partial charge < -0.3 is 4.90 Å². The fourth-order valence-electron chi connectivity index (χ4n) is 1.68. The van der Waals surface area contributed by atoms with Crippen molar-refractivity contribution in [2.24, 2.45) is 0 Å². The molecule has 0 unspecified atom stereocenters. The lowest BCUT2D eigenvalue weighted by Gasteiger charge is -2.09. The van der Waals surface area contributed by atoms with Crippen molar-refractivity contribution in [1.82, 2.24) is 4.90 Å². The number of nitrogens with zero attached hydrogens (tertiary/aromatic N) is 1. The zero-order valence-electron chi connectivity index (χ0n) is 11.4. The van der Waals surface area contributed by atoms with Crippen LogP contribution < -0.4 is 0 Å². The first-order valence-electron chi connectivity index (χ1n) is 6.24. The molecule has 1 aromatic rings. The summed E-state index contributed by atoms with van der Waals surface area (Å²) in [5.74, 6) is 0.865. The highest BCUT2D eigenvalue weighted by Crippen LogP contribution is 2.15. The van der Waals surface area contributed by atoms with E-state index in [9.17, 15) is 4.79 Å². The van der Waals surface area contributed by atoms with E-state index in [4.69, 9.17) is 0 Å². The Morgan fingerprint density at radius 2 is 1.76 bits per heavy atom. The molecular formula is C15H23NO. The first-order chi connectivity index (χ1) is 7.99. The second kappa shape index (κ2) is 6.55. The van der Waals surface area contributed by atoms with Gasteiger partial charge in [0.25, 0.3) is 0 Å². The molecule has 0 aliphatic carbocycles. The topological polar surface area (TPSA) is 20.3 Å². The first kappa shape index (κ1) is 13.9. The molecule has 0 saturated carbocycles. The average molecular weight is 233 g/mol. The molecule has 2 nitrogen and oxygen atoms in total. The largest absolute Gasteiger partial charge is 0.309 e. The van der Waals surface area contributed by atoms with Crippen LogP contribution in [0, 0.1) is 0 Å². The predicted octanol–water partition coefficient (Wildman–Crippen LogP) is 2.87. The normalized spacial score (nSPS) is 11.2. The van der Waals surface area contributed by atoms with Crippen molar-refractivity contribution in [2.75, 3.05) is 20.6 Å². The Kier molecular flexibility index (Phi) is 5.36. The Labute approximate surface area is 105 Å². The number of rotatable bonds is 6. The number of hydrogen-bond donors (Lipinski definition) is 0. The summed E-state index contributed by atoms with van der Waals surface area (Å²) in [6.45, 7) is 5.19.